The van der Waals surface area contributed by atoms with Crippen molar-refractivity contribution in [3.05, 3.63) is 58.7 Å². The monoisotopic (exact) mass is 269 g/mol. The fourth-order valence-corrected chi connectivity index (χ4v) is 2.22. The molecule has 0 radical (unpaired) electrons. The van der Waals surface area contributed by atoms with Crippen LogP contribution in [0.15, 0.2) is 36.4 Å². The first kappa shape index (κ1) is 14.1. The SMILES string of the molecule is COc1cccc(C(=O)Cc2cc(C)ccc2C)c1N. The van der Waals surface area contributed by atoms with Crippen molar-refractivity contribution in [1.29, 1.82) is 0 Å². The van der Waals surface area contributed by atoms with Gasteiger partial charge < -0.3 is 10.5 Å². The Morgan fingerprint density at radius 3 is 2.65 bits per heavy atom. The molecule has 0 heterocycles. The van der Waals surface area contributed by atoms with Crippen LogP contribution < -0.4 is 10.5 Å². The molecule has 0 aliphatic heterocycles. The van der Waals surface area contributed by atoms with Crippen LogP contribution in [0.1, 0.15) is 27.0 Å². The van der Waals surface area contributed by atoms with Gasteiger partial charge in [-0.25, -0.2) is 0 Å². The quantitative estimate of drug-likeness (QED) is 0.684. The number of ketones is 1. The second-order valence-electron chi connectivity index (χ2n) is 4.95. The molecule has 104 valence electrons. The van der Waals surface area contributed by atoms with Crippen molar-refractivity contribution in [2.75, 3.05) is 12.8 Å². The number of carbonyl (C=O) groups is 1. The largest absolute Gasteiger partial charge is 0.495 e. The van der Waals surface area contributed by atoms with E-state index in [1.165, 1.54) is 0 Å². The molecule has 0 saturated carbocycles. The number of nitrogen functional groups attached to an aromatic ring is 1. The number of hydrogen-bond donors (Lipinski definition) is 1. The molecular formula is C17H19NO2. The van der Waals surface area contributed by atoms with Gasteiger partial charge >= 0.3 is 0 Å². The van der Waals surface area contributed by atoms with Crippen LogP contribution in [0.25, 0.3) is 0 Å². The zero-order chi connectivity index (χ0) is 14.7. The average Bonchev–Trinajstić information content (AvgIpc) is 2.43. The van der Waals surface area contributed by atoms with E-state index in [-0.39, 0.29) is 5.78 Å². The van der Waals surface area contributed by atoms with Crippen LogP contribution in [0.2, 0.25) is 0 Å². The van der Waals surface area contributed by atoms with Gasteiger partial charge in [-0.15, -0.1) is 0 Å². The van der Waals surface area contributed by atoms with Crippen LogP contribution in [-0.4, -0.2) is 12.9 Å². The van der Waals surface area contributed by atoms with Crippen LogP contribution in [0.3, 0.4) is 0 Å². The molecule has 0 unspecified atom stereocenters. The molecule has 0 aliphatic rings. The molecule has 0 bridgehead atoms. The first-order valence-electron chi connectivity index (χ1n) is 6.54. The molecule has 2 aromatic rings. The van der Waals surface area contributed by atoms with E-state index in [9.17, 15) is 4.79 Å². The standard InChI is InChI=1S/C17H19NO2/c1-11-7-8-12(2)13(9-11)10-15(19)14-5-4-6-16(20-3)17(14)18/h4-9H,10,18H2,1-3H3. The van der Waals surface area contributed by atoms with Gasteiger partial charge in [0.05, 0.1) is 12.8 Å². The lowest BCUT2D eigenvalue weighted by atomic mass is 9.97. The normalized spacial score (nSPS) is 10.3. The number of ether oxygens (including phenoxy) is 1. The Morgan fingerprint density at radius 2 is 1.95 bits per heavy atom. The van der Waals surface area contributed by atoms with Crippen LogP contribution >= 0.6 is 0 Å². The molecular weight excluding hydrogens is 250 g/mol. The van der Waals surface area contributed by atoms with Crippen molar-refractivity contribution >= 4 is 11.5 Å². The molecule has 3 heteroatoms. The summed E-state index contributed by atoms with van der Waals surface area (Å²) in [6.07, 6.45) is 0.352. The van der Waals surface area contributed by atoms with Crippen LogP contribution in [0.5, 0.6) is 5.75 Å². The number of Topliss-reactive ketones (excluding diaryl/α,β-unsaturated/α-hetero) is 1. The van der Waals surface area contributed by atoms with Gasteiger partial charge in [-0.2, -0.15) is 0 Å². The van der Waals surface area contributed by atoms with E-state index in [1.54, 1.807) is 25.3 Å². The van der Waals surface area contributed by atoms with Crippen molar-refractivity contribution in [2.24, 2.45) is 0 Å². The molecule has 20 heavy (non-hydrogen) atoms. The fraction of sp³-hybridized carbons (Fsp3) is 0.235. The summed E-state index contributed by atoms with van der Waals surface area (Å²) in [6.45, 7) is 4.03. The predicted molar refractivity (Wildman–Crippen MR) is 81.4 cm³/mol. The molecule has 3 nitrogen and oxygen atoms in total. The number of aryl methyl sites for hydroxylation is 2. The lowest BCUT2D eigenvalue weighted by Gasteiger charge is -2.10. The molecule has 0 aromatic heterocycles. The van der Waals surface area contributed by atoms with Crippen molar-refractivity contribution in [2.45, 2.75) is 20.3 Å². The minimum atomic E-state index is 0.00935. The van der Waals surface area contributed by atoms with Gasteiger partial charge in [0.25, 0.3) is 0 Å². The van der Waals surface area contributed by atoms with Gasteiger partial charge in [-0.05, 0) is 37.1 Å². The molecule has 2 aromatic carbocycles. The highest BCUT2D eigenvalue weighted by Crippen LogP contribution is 2.26. The minimum absolute atomic E-state index is 0.00935. The summed E-state index contributed by atoms with van der Waals surface area (Å²) < 4.78 is 5.15. The van der Waals surface area contributed by atoms with E-state index in [4.69, 9.17) is 10.5 Å². The van der Waals surface area contributed by atoms with Crippen LogP contribution in [0, 0.1) is 13.8 Å². The maximum atomic E-state index is 12.4. The Kier molecular flexibility index (Phi) is 4.08. The Balaban J connectivity index is 2.31. The summed E-state index contributed by atoms with van der Waals surface area (Å²) in [6, 6.07) is 11.4. The highest BCUT2D eigenvalue weighted by atomic mass is 16.5. The third-order valence-electron chi connectivity index (χ3n) is 3.44. The number of rotatable bonds is 4. The number of benzene rings is 2. The van der Waals surface area contributed by atoms with E-state index in [0.29, 0.717) is 23.4 Å². The van der Waals surface area contributed by atoms with Gasteiger partial charge in [0.15, 0.2) is 5.78 Å². The highest BCUT2D eigenvalue weighted by Gasteiger charge is 2.14. The second-order valence-corrected chi connectivity index (χ2v) is 4.95. The lowest BCUT2D eigenvalue weighted by Crippen LogP contribution is -2.09. The summed E-state index contributed by atoms with van der Waals surface area (Å²) in [5.74, 6) is 0.548. The van der Waals surface area contributed by atoms with Crippen molar-refractivity contribution in [1.82, 2.24) is 0 Å². The summed E-state index contributed by atoms with van der Waals surface area (Å²) in [4.78, 5) is 12.4. The van der Waals surface area contributed by atoms with Crippen LogP contribution in [0.4, 0.5) is 5.69 Å². The topological polar surface area (TPSA) is 52.3 Å². The summed E-state index contributed by atoms with van der Waals surface area (Å²) in [5, 5.41) is 0. The number of para-hydroxylation sites is 1. The Hall–Kier alpha value is -2.29. The Bertz CT molecular complexity index is 647. The predicted octanol–water partition coefficient (Wildman–Crippen LogP) is 3.32. The molecule has 0 saturated heterocycles. The average molecular weight is 269 g/mol. The minimum Gasteiger partial charge on any atom is -0.495 e. The summed E-state index contributed by atoms with van der Waals surface area (Å²) in [5.41, 5.74) is 10.2. The zero-order valence-corrected chi connectivity index (χ0v) is 12.1. The first-order chi connectivity index (χ1) is 9.52. The van der Waals surface area contributed by atoms with Gasteiger partial charge in [0, 0.05) is 12.0 Å². The van der Waals surface area contributed by atoms with Gasteiger partial charge in [0.2, 0.25) is 0 Å². The maximum Gasteiger partial charge on any atom is 0.169 e. The number of anilines is 1. The number of methoxy groups -OCH3 is 1. The molecule has 0 amide bonds. The third-order valence-corrected chi connectivity index (χ3v) is 3.44. The molecule has 0 spiro atoms. The smallest absolute Gasteiger partial charge is 0.169 e. The summed E-state index contributed by atoms with van der Waals surface area (Å²) >= 11 is 0. The number of carbonyl (C=O) groups excluding carboxylic acids is 1. The molecule has 2 rings (SSSR count). The van der Waals surface area contributed by atoms with E-state index < -0.39 is 0 Å². The molecule has 0 aliphatic carbocycles. The molecule has 0 fully saturated rings. The van der Waals surface area contributed by atoms with Gasteiger partial charge in [-0.1, -0.05) is 29.8 Å². The highest BCUT2D eigenvalue weighted by molar-refractivity contribution is 6.03. The number of nitrogens with two attached hydrogens (primary N) is 1. The molecule has 2 N–H and O–H groups in total. The lowest BCUT2D eigenvalue weighted by molar-refractivity contribution is 0.0993. The van der Waals surface area contributed by atoms with Gasteiger partial charge in [-0.3, -0.25) is 4.79 Å². The fourth-order valence-electron chi connectivity index (χ4n) is 2.22. The van der Waals surface area contributed by atoms with Gasteiger partial charge in [0.1, 0.15) is 5.75 Å². The van der Waals surface area contributed by atoms with E-state index in [0.717, 1.165) is 16.7 Å². The van der Waals surface area contributed by atoms with E-state index in [2.05, 4.69) is 0 Å². The number of hydrogen-bond acceptors (Lipinski definition) is 3. The van der Waals surface area contributed by atoms with Crippen molar-refractivity contribution < 1.29 is 9.53 Å². The summed E-state index contributed by atoms with van der Waals surface area (Å²) in [7, 11) is 1.55. The second kappa shape index (κ2) is 5.78. The van der Waals surface area contributed by atoms with Crippen molar-refractivity contribution in [3.8, 4) is 5.75 Å². The maximum absolute atomic E-state index is 12.4. The third kappa shape index (κ3) is 2.82. The van der Waals surface area contributed by atoms with Crippen molar-refractivity contribution in [3.63, 3.8) is 0 Å². The van der Waals surface area contributed by atoms with E-state index >= 15 is 0 Å². The zero-order valence-electron chi connectivity index (χ0n) is 12.1. The Morgan fingerprint density at radius 1 is 1.20 bits per heavy atom. The Labute approximate surface area is 119 Å². The van der Waals surface area contributed by atoms with Crippen LogP contribution in [-0.2, 0) is 6.42 Å². The molecule has 0 atom stereocenters. The van der Waals surface area contributed by atoms with E-state index in [1.807, 2.05) is 32.0 Å². The first-order valence-corrected chi connectivity index (χ1v) is 6.54.